The van der Waals surface area contributed by atoms with Gasteiger partial charge in [0.05, 0.1) is 17.0 Å². The fourth-order valence-electron chi connectivity index (χ4n) is 3.00. The van der Waals surface area contributed by atoms with Gasteiger partial charge in [0.2, 0.25) is 5.91 Å². The molecule has 5 nitrogen and oxygen atoms in total. The van der Waals surface area contributed by atoms with E-state index in [1.807, 2.05) is 13.8 Å². The summed E-state index contributed by atoms with van der Waals surface area (Å²) in [6.07, 6.45) is 1.70. The summed E-state index contributed by atoms with van der Waals surface area (Å²) in [4.78, 5) is 31.9. The van der Waals surface area contributed by atoms with Crippen molar-refractivity contribution in [2.24, 2.45) is 0 Å². The van der Waals surface area contributed by atoms with Crippen LogP contribution in [-0.2, 0) is 4.79 Å². The Morgan fingerprint density at radius 3 is 2.45 bits per heavy atom. The highest BCUT2D eigenvalue weighted by atomic mass is 32.2. The fraction of sp³-hybridized carbons (Fsp3) is 0.350. The molecule has 0 aliphatic carbocycles. The number of thioether (sulfide) groups is 1. The lowest BCUT2D eigenvalue weighted by atomic mass is 10.3. The van der Waals surface area contributed by atoms with E-state index < -0.39 is 17.2 Å². The van der Waals surface area contributed by atoms with Crippen molar-refractivity contribution in [3.8, 4) is 5.69 Å². The Labute approximate surface area is 175 Å². The molecule has 0 aliphatic heterocycles. The van der Waals surface area contributed by atoms with Gasteiger partial charge < -0.3 is 4.90 Å². The van der Waals surface area contributed by atoms with Gasteiger partial charge in [-0.2, -0.15) is 0 Å². The van der Waals surface area contributed by atoms with Crippen LogP contribution < -0.4 is 5.56 Å². The summed E-state index contributed by atoms with van der Waals surface area (Å²) < 4.78 is 29.1. The van der Waals surface area contributed by atoms with E-state index >= 15 is 0 Å². The Kier molecular flexibility index (Phi) is 7.02. The highest BCUT2D eigenvalue weighted by Crippen LogP contribution is 2.24. The molecule has 0 bridgehead atoms. The Morgan fingerprint density at radius 2 is 1.83 bits per heavy atom. The molecule has 0 saturated heterocycles. The summed E-state index contributed by atoms with van der Waals surface area (Å²) in [5.74, 6) is -1.56. The number of aromatic nitrogens is 2. The summed E-state index contributed by atoms with van der Waals surface area (Å²) in [5.41, 5.74) is 0.134. The number of thiophene rings is 1. The maximum atomic E-state index is 13.8. The maximum absolute atomic E-state index is 13.8. The third-order valence-corrected chi connectivity index (χ3v) is 6.03. The van der Waals surface area contributed by atoms with Crippen molar-refractivity contribution in [2.45, 2.75) is 31.8 Å². The smallest absolute Gasteiger partial charge is 0.276 e. The quantitative estimate of drug-likeness (QED) is 0.386. The van der Waals surface area contributed by atoms with E-state index in [1.54, 1.807) is 16.3 Å². The van der Waals surface area contributed by atoms with E-state index in [9.17, 15) is 18.4 Å². The summed E-state index contributed by atoms with van der Waals surface area (Å²) in [5, 5.41) is 1.96. The third kappa shape index (κ3) is 4.84. The van der Waals surface area contributed by atoms with E-state index in [1.165, 1.54) is 15.9 Å². The van der Waals surface area contributed by atoms with E-state index in [4.69, 9.17) is 0 Å². The largest absolute Gasteiger partial charge is 0.342 e. The lowest BCUT2D eigenvalue weighted by Crippen LogP contribution is -2.34. The molecule has 154 valence electrons. The topological polar surface area (TPSA) is 55.2 Å². The summed E-state index contributed by atoms with van der Waals surface area (Å²) >= 11 is 2.31. The fourth-order valence-corrected chi connectivity index (χ4v) is 4.68. The van der Waals surface area contributed by atoms with Crippen LogP contribution in [0.25, 0.3) is 15.9 Å². The van der Waals surface area contributed by atoms with Crippen LogP contribution >= 0.6 is 23.1 Å². The minimum atomic E-state index is -0.790. The van der Waals surface area contributed by atoms with Crippen molar-refractivity contribution >= 4 is 39.2 Å². The molecular weight excluding hydrogens is 416 g/mol. The van der Waals surface area contributed by atoms with Gasteiger partial charge in [0, 0.05) is 19.2 Å². The molecule has 3 aromatic rings. The molecule has 0 saturated carbocycles. The number of fused-ring (bicyclic) bond motifs is 1. The van der Waals surface area contributed by atoms with Crippen molar-refractivity contribution in [1.29, 1.82) is 0 Å². The van der Waals surface area contributed by atoms with E-state index in [0.29, 0.717) is 23.3 Å². The Hall–Kier alpha value is -2.26. The zero-order chi connectivity index (χ0) is 21.0. The molecule has 0 unspecified atom stereocenters. The normalized spacial score (nSPS) is 11.2. The van der Waals surface area contributed by atoms with Gasteiger partial charge in [-0.1, -0.05) is 25.6 Å². The van der Waals surface area contributed by atoms with Crippen molar-refractivity contribution in [1.82, 2.24) is 14.5 Å². The number of carbonyl (C=O) groups is 1. The minimum Gasteiger partial charge on any atom is -0.342 e. The molecule has 1 aromatic carbocycles. The van der Waals surface area contributed by atoms with Crippen molar-refractivity contribution in [2.75, 3.05) is 18.8 Å². The van der Waals surface area contributed by atoms with Crippen molar-refractivity contribution < 1.29 is 13.6 Å². The first-order valence-corrected chi connectivity index (χ1v) is 11.2. The number of amides is 1. The molecule has 3 rings (SSSR count). The zero-order valence-corrected chi connectivity index (χ0v) is 17.8. The second-order valence-electron chi connectivity index (χ2n) is 6.47. The molecule has 0 radical (unpaired) electrons. The maximum Gasteiger partial charge on any atom is 0.276 e. The predicted octanol–water partition coefficient (Wildman–Crippen LogP) is 4.47. The molecule has 1 amide bonds. The van der Waals surface area contributed by atoms with E-state index in [0.717, 1.165) is 42.8 Å². The monoisotopic (exact) mass is 437 g/mol. The summed E-state index contributed by atoms with van der Waals surface area (Å²) in [6, 6.07) is 4.62. The molecule has 0 atom stereocenters. The molecule has 0 N–H and O–H groups in total. The first kappa shape index (κ1) is 21.4. The van der Waals surface area contributed by atoms with Gasteiger partial charge in [-0.25, -0.2) is 13.8 Å². The molecule has 0 spiro atoms. The average Bonchev–Trinajstić information content (AvgIpc) is 3.14. The Balaban J connectivity index is 2.00. The van der Waals surface area contributed by atoms with E-state index in [2.05, 4.69) is 4.98 Å². The van der Waals surface area contributed by atoms with Crippen LogP contribution in [0.5, 0.6) is 0 Å². The van der Waals surface area contributed by atoms with Gasteiger partial charge in [-0.3, -0.25) is 14.2 Å². The molecule has 29 heavy (non-hydrogen) atoms. The average molecular weight is 438 g/mol. The molecule has 9 heteroatoms. The van der Waals surface area contributed by atoms with Crippen LogP contribution in [0.1, 0.15) is 26.7 Å². The second kappa shape index (κ2) is 9.49. The van der Waals surface area contributed by atoms with Gasteiger partial charge in [0.25, 0.3) is 5.56 Å². The minimum absolute atomic E-state index is 0.0456. The lowest BCUT2D eigenvalue weighted by Gasteiger charge is -2.21. The molecule has 0 aliphatic rings. The van der Waals surface area contributed by atoms with Crippen molar-refractivity contribution in [3.05, 3.63) is 51.6 Å². The Morgan fingerprint density at radius 1 is 1.17 bits per heavy atom. The summed E-state index contributed by atoms with van der Waals surface area (Å²) in [7, 11) is 0. The van der Waals surface area contributed by atoms with Gasteiger partial charge in [0.15, 0.2) is 5.16 Å². The number of nitrogens with zero attached hydrogens (tertiary/aromatic N) is 3. The van der Waals surface area contributed by atoms with Crippen LogP contribution in [0, 0.1) is 11.6 Å². The molecule has 0 fully saturated rings. The number of halogens is 2. The first-order valence-electron chi connectivity index (χ1n) is 9.31. The standard InChI is InChI=1S/C20H21F2N3O2S2/c1-3-6-24(7-4-2)17(26)12-29-20-23-16-5-8-28-18(16)19(27)25(20)15-10-13(21)9-14(22)11-15/h5,8-11H,3-4,6-7,12H2,1-2H3. The van der Waals surface area contributed by atoms with Crippen LogP contribution in [0.4, 0.5) is 8.78 Å². The molecule has 2 heterocycles. The van der Waals surface area contributed by atoms with E-state index in [-0.39, 0.29) is 22.5 Å². The number of rotatable bonds is 8. The zero-order valence-electron chi connectivity index (χ0n) is 16.2. The van der Waals surface area contributed by atoms with Crippen LogP contribution in [0.2, 0.25) is 0 Å². The number of hydrogen-bond donors (Lipinski definition) is 0. The van der Waals surface area contributed by atoms with Gasteiger partial charge in [0.1, 0.15) is 16.3 Å². The number of carbonyl (C=O) groups excluding carboxylic acids is 1. The Bertz CT molecular complexity index is 1060. The molecule has 2 aromatic heterocycles. The van der Waals surface area contributed by atoms with Gasteiger partial charge >= 0.3 is 0 Å². The predicted molar refractivity (Wildman–Crippen MR) is 113 cm³/mol. The van der Waals surface area contributed by atoms with Crippen LogP contribution in [0.3, 0.4) is 0 Å². The highest BCUT2D eigenvalue weighted by molar-refractivity contribution is 7.99. The lowest BCUT2D eigenvalue weighted by molar-refractivity contribution is -0.128. The van der Waals surface area contributed by atoms with Crippen molar-refractivity contribution in [3.63, 3.8) is 0 Å². The van der Waals surface area contributed by atoms with Gasteiger partial charge in [-0.15, -0.1) is 11.3 Å². The number of hydrogen-bond acceptors (Lipinski definition) is 5. The van der Waals surface area contributed by atoms with Crippen LogP contribution in [0.15, 0.2) is 39.6 Å². The first-order chi connectivity index (χ1) is 13.9. The van der Waals surface area contributed by atoms with Crippen LogP contribution in [-0.4, -0.2) is 39.2 Å². The van der Waals surface area contributed by atoms with Gasteiger partial charge in [-0.05, 0) is 36.4 Å². The third-order valence-electron chi connectivity index (χ3n) is 4.22. The highest BCUT2D eigenvalue weighted by Gasteiger charge is 2.18. The summed E-state index contributed by atoms with van der Waals surface area (Å²) in [6.45, 7) is 5.33. The number of benzene rings is 1. The second-order valence-corrected chi connectivity index (χ2v) is 8.33. The molecular formula is C20H21F2N3O2S2. The SMILES string of the molecule is CCCN(CCC)C(=O)CSc1nc2ccsc2c(=O)n1-c1cc(F)cc(F)c1.